The van der Waals surface area contributed by atoms with Gasteiger partial charge in [-0.15, -0.1) is 0 Å². The van der Waals surface area contributed by atoms with Gasteiger partial charge in [-0.1, -0.05) is 26.3 Å². The number of hydrogen-bond acceptors (Lipinski definition) is 3. The second-order valence-electron chi connectivity index (χ2n) is 9.70. The fourth-order valence-electron chi connectivity index (χ4n) is 7.39. The second kappa shape index (κ2) is 5.53. The van der Waals surface area contributed by atoms with E-state index in [0.717, 1.165) is 32.1 Å². The molecule has 4 fully saturated rings. The van der Waals surface area contributed by atoms with Crippen molar-refractivity contribution in [1.82, 2.24) is 0 Å². The Hall–Kier alpha value is -1.43. The zero-order valence-corrected chi connectivity index (χ0v) is 15.7. The molecule has 0 aromatic carbocycles. The Kier molecular flexibility index (Phi) is 3.76. The number of nitrogens with zero attached hydrogens (tertiary/aromatic N) is 1. The lowest BCUT2D eigenvalue weighted by Gasteiger charge is -2.59. The van der Waals surface area contributed by atoms with Crippen LogP contribution >= 0.6 is 0 Å². The number of allylic oxidation sites excluding steroid dienone is 2. The molecule has 0 bridgehead atoms. The third-order valence-corrected chi connectivity index (χ3v) is 8.58. The first-order chi connectivity index (χ1) is 11.8. The summed E-state index contributed by atoms with van der Waals surface area (Å²) < 4.78 is 0. The number of fused-ring (bicyclic) bond motifs is 5. The van der Waals surface area contributed by atoms with Crippen molar-refractivity contribution in [3.05, 3.63) is 11.6 Å². The Morgan fingerprint density at radius 3 is 2.64 bits per heavy atom. The minimum Gasteiger partial charge on any atom is -0.299 e. The van der Waals surface area contributed by atoms with Crippen molar-refractivity contribution in [2.24, 2.45) is 40.4 Å². The summed E-state index contributed by atoms with van der Waals surface area (Å²) in [7, 11) is 0. The van der Waals surface area contributed by atoms with Crippen LogP contribution in [0.15, 0.2) is 11.6 Å². The molecule has 0 saturated heterocycles. The first-order valence-corrected chi connectivity index (χ1v) is 9.96. The van der Waals surface area contributed by atoms with Crippen LogP contribution in [0.25, 0.3) is 0 Å². The second-order valence-corrected chi connectivity index (χ2v) is 9.70. The molecule has 4 saturated carbocycles. The molecule has 3 unspecified atom stereocenters. The molecule has 0 spiro atoms. The Bertz CT molecular complexity index is 701. The number of rotatable bonds is 0. The maximum Gasteiger partial charge on any atom is 0.137 e. The summed E-state index contributed by atoms with van der Waals surface area (Å²) in [5.41, 5.74) is 1.09. The molecule has 0 N–H and O–H groups in total. The van der Waals surface area contributed by atoms with Gasteiger partial charge in [-0.3, -0.25) is 9.59 Å². The lowest BCUT2D eigenvalue weighted by atomic mass is 9.44. The monoisotopic (exact) mass is 339 g/mol. The van der Waals surface area contributed by atoms with Crippen molar-refractivity contribution < 1.29 is 9.59 Å². The molecular weight excluding hydrogens is 310 g/mol. The molecular formula is C22H29NO2. The van der Waals surface area contributed by atoms with E-state index < -0.39 is 0 Å². The van der Waals surface area contributed by atoms with Crippen LogP contribution in [0.2, 0.25) is 0 Å². The molecule has 25 heavy (non-hydrogen) atoms. The summed E-state index contributed by atoms with van der Waals surface area (Å²) in [6, 6.07) is 2.21. The molecule has 0 radical (unpaired) electrons. The van der Waals surface area contributed by atoms with Gasteiger partial charge < -0.3 is 0 Å². The van der Waals surface area contributed by atoms with E-state index in [-0.39, 0.29) is 22.7 Å². The van der Waals surface area contributed by atoms with Gasteiger partial charge in [-0.25, -0.2) is 0 Å². The van der Waals surface area contributed by atoms with E-state index in [1.807, 2.05) is 6.92 Å². The predicted octanol–water partition coefficient (Wildman–Crippen LogP) is 4.47. The highest BCUT2D eigenvalue weighted by Gasteiger charge is 2.62. The van der Waals surface area contributed by atoms with E-state index >= 15 is 0 Å². The molecule has 7 atom stereocenters. The van der Waals surface area contributed by atoms with Crippen molar-refractivity contribution in [2.75, 3.05) is 0 Å². The molecule has 0 aromatic rings. The minimum atomic E-state index is -0.104. The largest absolute Gasteiger partial charge is 0.299 e. The zero-order chi connectivity index (χ0) is 18.0. The fourth-order valence-corrected chi connectivity index (χ4v) is 7.39. The smallest absolute Gasteiger partial charge is 0.137 e. The van der Waals surface area contributed by atoms with E-state index in [0.29, 0.717) is 42.2 Å². The predicted molar refractivity (Wildman–Crippen MR) is 95.4 cm³/mol. The highest BCUT2D eigenvalue weighted by molar-refractivity contribution is 5.86. The number of hydrogen-bond donors (Lipinski definition) is 0. The summed E-state index contributed by atoms with van der Waals surface area (Å²) in [4.78, 5) is 25.6. The van der Waals surface area contributed by atoms with Crippen LogP contribution in [-0.2, 0) is 9.59 Å². The SMILES string of the molecule is C[C@H]1C[C@]2(C)C3C(=O)CC4(C)/C(=C\C#N)CCC4[C@@H]3CC[C@@H]2CC1=O. The molecule has 0 aromatic heterocycles. The number of carbonyl (C=O) groups is 2. The van der Waals surface area contributed by atoms with Crippen LogP contribution in [-0.4, -0.2) is 11.6 Å². The van der Waals surface area contributed by atoms with Crippen molar-refractivity contribution >= 4 is 11.6 Å². The molecule has 4 aliphatic rings. The van der Waals surface area contributed by atoms with Gasteiger partial charge >= 0.3 is 0 Å². The third-order valence-electron chi connectivity index (χ3n) is 8.58. The van der Waals surface area contributed by atoms with Crippen LogP contribution in [0.5, 0.6) is 0 Å². The molecule has 3 nitrogen and oxygen atoms in total. The van der Waals surface area contributed by atoms with Crippen molar-refractivity contribution in [1.29, 1.82) is 5.26 Å². The van der Waals surface area contributed by atoms with Gasteiger partial charge in [0.1, 0.15) is 11.6 Å². The molecule has 4 rings (SSSR count). The van der Waals surface area contributed by atoms with Crippen LogP contribution in [0, 0.1) is 51.8 Å². The summed E-state index contributed by atoms with van der Waals surface area (Å²) in [5, 5.41) is 9.14. The summed E-state index contributed by atoms with van der Waals surface area (Å²) >= 11 is 0. The first kappa shape index (κ1) is 17.0. The molecule has 3 heteroatoms. The Morgan fingerprint density at radius 2 is 1.92 bits per heavy atom. The van der Waals surface area contributed by atoms with Gasteiger partial charge in [-0.05, 0) is 60.7 Å². The van der Waals surface area contributed by atoms with E-state index in [1.54, 1.807) is 6.08 Å². The quantitative estimate of drug-likeness (QED) is 0.612. The number of carbonyl (C=O) groups excluding carboxylic acids is 2. The maximum atomic E-state index is 13.4. The Morgan fingerprint density at radius 1 is 1.16 bits per heavy atom. The molecule has 0 heterocycles. The van der Waals surface area contributed by atoms with E-state index in [2.05, 4.69) is 19.9 Å². The highest BCUT2D eigenvalue weighted by atomic mass is 16.1. The summed E-state index contributed by atoms with van der Waals surface area (Å²) in [6.45, 7) is 6.58. The number of nitriles is 1. The van der Waals surface area contributed by atoms with Crippen LogP contribution < -0.4 is 0 Å². The van der Waals surface area contributed by atoms with E-state index in [4.69, 9.17) is 5.26 Å². The highest BCUT2D eigenvalue weighted by Crippen LogP contribution is 2.66. The summed E-state index contributed by atoms with van der Waals surface area (Å²) in [6.07, 6.45) is 8.13. The average molecular weight is 339 g/mol. The van der Waals surface area contributed by atoms with Gasteiger partial charge in [0.15, 0.2) is 0 Å². The standard InChI is InChI=1S/C22H29NO2/c1-13-11-22(3)15(10-18(13)24)4-6-16-17-7-5-14(8-9-23)21(17,2)12-19(25)20(16)22/h8,13,15-17,20H,4-7,10-12H2,1-3H3/b14-8-/t13-,15+,16-,17?,20?,21?,22-/m0/s1. The Balaban J connectivity index is 1.72. The number of ketones is 2. The van der Waals surface area contributed by atoms with Gasteiger partial charge in [0.05, 0.1) is 6.07 Å². The van der Waals surface area contributed by atoms with Crippen molar-refractivity contribution in [2.45, 2.75) is 65.7 Å². The van der Waals surface area contributed by atoms with Crippen LogP contribution in [0.1, 0.15) is 65.7 Å². The van der Waals surface area contributed by atoms with Crippen LogP contribution in [0.3, 0.4) is 0 Å². The first-order valence-electron chi connectivity index (χ1n) is 9.96. The summed E-state index contributed by atoms with van der Waals surface area (Å²) in [5.74, 6) is 2.39. The Labute approximate surface area is 150 Å². The van der Waals surface area contributed by atoms with Gasteiger partial charge in [-0.2, -0.15) is 5.26 Å². The van der Waals surface area contributed by atoms with Crippen LogP contribution in [0.4, 0.5) is 0 Å². The minimum absolute atomic E-state index is 0.00362. The molecule has 0 aliphatic heterocycles. The molecule has 134 valence electrons. The molecule has 4 aliphatic carbocycles. The van der Waals surface area contributed by atoms with Crippen molar-refractivity contribution in [3.8, 4) is 6.07 Å². The maximum absolute atomic E-state index is 13.4. The number of Topliss-reactive ketones (excluding diaryl/α,β-unsaturated/α-hetero) is 2. The van der Waals surface area contributed by atoms with Gasteiger partial charge in [0, 0.05) is 30.8 Å². The van der Waals surface area contributed by atoms with Crippen molar-refractivity contribution in [3.63, 3.8) is 0 Å². The normalized spacial score (nSPS) is 50.8. The van der Waals surface area contributed by atoms with Gasteiger partial charge in [0.2, 0.25) is 0 Å². The van der Waals surface area contributed by atoms with E-state index in [1.165, 1.54) is 5.57 Å². The third kappa shape index (κ3) is 2.22. The van der Waals surface area contributed by atoms with E-state index in [9.17, 15) is 9.59 Å². The lowest BCUT2D eigenvalue weighted by molar-refractivity contribution is -0.160. The van der Waals surface area contributed by atoms with Gasteiger partial charge in [0.25, 0.3) is 0 Å². The fraction of sp³-hybridized carbons (Fsp3) is 0.773. The lowest BCUT2D eigenvalue weighted by Crippen LogP contribution is -2.57. The average Bonchev–Trinajstić information content (AvgIpc) is 2.85. The zero-order valence-electron chi connectivity index (χ0n) is 15.7. The molecule has 0 amide bonds. The topological polar surface area (TPSA) is 57.9 Å².